The van der Waals surface area contributed by atoms with Crippen LogP contribution in [0.3, 0.4) is 0 Å². The summed E-state index contributed by atoms with van der Waals surface area (Å²) in [5, 5.41) is 11.8. The lowest BCUT2D eigenvalue weighted by atomic mass is 10.0. The fraction of sp³-hybridized carbons (Fsp3) is 0.800. The number of carbonyl (C=O) groups excluding carboxylic acids is 2. The normalized spacial score (nSPS) is 20.2. The van der Waals surface area contributed by atoms with E-state index < -0.39 is 29.7 Å². The van der Waals surface area contributed by atoms with E-state index in [0.29, 0.717) is 19.4 Å². The van der Waals surface area contributed by atoms with Crippen LogP contribution >= 0.6 is 0 Å². The SMILES string of the molecule is CC(C)CC(C(=O)O)N1CCC(NC(=O)OC(C)(C)C)C1=O. The summed E-state index contributed by atoms with van der Waals surface area (Å²) in [6, 6.07) is -1.57. The van der Waals surface area contributed by atoms with E-state index in [1.54, 1.807) is 20.8 Å². The van der Waals surface area contributed by atoms with Crippen molar-refractivity contribution in [2.75, 3.05) is 6.54 Å². The first-order valence-electron chi connectivity index (χ1n) is 7.54. The molecule has 0 aromatic heterocycles. The molecule has 126 valence electrons. The zero-order valence-corrected chi connectivity index (χ0v) is 13.9. The van der Waals surface area contributed by atoms with Gasteiger partial charge in [0, 0.05) is 6.54 Å². The zero-order chi connectivity index (χ0) is 17.1. The first-order valence-corrected chi connectivity index (χ1v) is 7.54. The Balaban J connectivity index is 2.68. The van der Waals surface area contributed by atoms with Gasteiger partial charge in [-0.2, -0.15) is 0 Å². The molecule has 7 heteroatoms. The van der Waals surface area contributed by atoms with Crippen LogP contribution in [0.15, 0.2) is 0 Å². The molecule has 2 atom stereocenters. The molecule has 1 aliphatic heterocycles. The lowest BCUT2D eigenvalue weighted by Crippen LogP contribution is -2.48. The number of likely N-dealkylation sites (tertiary alicyclic amines) is 1. The average Bonchev–Trinajstić information content (AvgIpc) is 2.65. The van der Waals surface area contributed by atoms with E-state index in [2.05, 4.69) is 5.32 Å². The summed E-state index contributed by atoms with van der Waals surface area (Å²) in [5.74, 6) is -1.22. The van der Waals surface area contributed by atoms with Crippen LogP contribution in [0.2, 0.25) is 0 Å². The minimum atomic E-state index is -1.01. The average molecular weight is 314 g/mol. The Kier molecular flexibility index (Phi) is 5.79. The molecule has 0 aromatic rings. The molecule has 0 spiro atoms. The van der Waals surface area contributed by atoms with Gasteiger partial charge in [0.1, 0.15) is 17.7 Å². The molecule has 22 heavy (non-hydrogen) atoms. The smallest absolute Gasteiger partial charge is 0.408 e. The molecule has 0 aliphatic carbocycles. The summed E-state index contributed by atoms with van der Waals surface area (Å²) >= 11 is 0. The summed E-state index contributed by atoms with van der Waals surface area (Å²) in [5.41, 5.74) is -0.646. The molecule has 1 fully saturated rings. The van der Waals surface area contributed by atoms with Crippen LogP contribution in [0.4, 0.5) is 4.79 Å². The maximum absolute atomic E-state index is 12.3. The van der Waals surface area contributed by atoms with Gasteiger partial charge in [-0.05, 0) is 39.5 Å². The van der Waals surface area contributed by atoms with Gasteiger partial charge in [-0.1, -0.05) is 13.8 Å². The van der Waals surface area contributed by atoms with Crippen LogP contribution in [-0.2, 0) is 14.3 Å². The van der Waals surface area contributed by atoms with Crippen molar-refractivity contribution in [3.63, 3.8) is 0 Å². The summed E-state index contributed by atoms with van der Waals surface area (Å²) in [6.45, 7) is 9.35. The molecule has 1 aliphatic rings. The third-order valence-electron chi connectivity index (χ3n) is 3.29. The lowest BCUT2D eigenvalue weighted by Gasteiger charge is -2.26. The number of carboxylic acid groups (broad SMARTS) is 1. The van der Waals surface area contributed by atoms with Crippen molar-refractivity contribution < 1.29 is 24.2 Å². The molecule has 2 unspecified atom stereocenters. The largest absolute Gasteiger partial charge is 0.480 e. The Hall–Kier alpha value is -1.79. The zero-order valence-electron chi connectivity index (χ0n) is 13.9. The van der Waals surface area contributed by atoms with E-state index in [1.165, 1.54) is 4.90 Å². The van der Waals surface area contributed by atoms with E-state index in [-0.39, 0.29) is 11.8 Å². The first-order chi connectivity index (χ1) is 10.0. The second kappa shape index (κ2) is 6.98. The summed E-state index contributed by atoms with van der Waals surface area (Å²) in [4.78, 5) is 36.8. The Bertz CT molecular complexity index is 442. The predicted octanol–water partition coefficient (Wildman–Crippen LogP) is 1.61. The number of alkyl carbamates (subject to hydrolysis) is 1. The van der Waals surface area contributed by atoms with E-state index in [4.69, 9.17) is 4.74 Å². The van der Waals surface area contributed by atoms with Crippen molar-refractivity contribution in [2.45, 2.75) is 65.1 Å². The fourth-order valence-electron chi connectivity index (χ4n) is 2.40. The molecule has 0 bridgehead atoms. The summed E-state index contributed by atoms with van der Waals surface area (Å²) in [7, 11) is 0. The number of nitrogens with one attached hydrogen (secondary N) is 1. The van der Waals surface area contributed by atoms with Gasteiger partial charge in [-0.3, -0.25) is 4.79 Å². The lowest BCUT2D eigenvalue weighted by molar-refractivity contribution is -0.149. The Morgan fingerprint density at radius 2 is 2.00 bits per heavy atom. The van der Waals surface area contributed by atoms with Gasteiger partial charge in [-0.15, -0.1) is 0 Å². The van der Waals surface area contributed by atoms with Gasteiger partial charge in [-0.25, -0.2) is 9.59 Å². The number of carboxylic acids is 1. The molecule has 0 radical (unpaired) electrons. The second-order valence-corrected chi connectivity index (χ2v) is 7.00. The van der Waals surface area contributed by atoms with Gasteiger partial charge in [0.05, 0.1) is 0 Å². The Morgan fingerprint density at radius 3 is 2.45 bits per heavy atom. The van der Waals surface area contributed by atoms with E-state index in [0.717, 1.165) is 0 Å². The van der Waals surface area contributed by atoms with E-state index in [9.17, 15) is 19.5 Å². The third kappa shape index (κ3) is 5.20. The molecule has 1 saturated heterocycles. The van der Waals surface area contributed by atoms with Crippen LogP contribution in [0.25, 0.3) is 0 Å². The van der Waals surface area contributed by atoms with Crippen molar-refractivity contribution in [3.05, 3.63) is 0 Å². The molecule has 2 amide bonds. The number of hydrogen-bond acceptors (Lipinski definition) is 4. The molecular weight excluding hydrogens is 288 g/mol. The van der Waals surface area contributed by atoms with Crippen molar-refractivity contribution >= 4 is 18.0 Å². The van der Waals surface area contributed by atoms with Crippen molar-refractivity contribution in [3.8, 4) is 0 Å². The van der Waals surface area contributed by atoms with Gasteiger partial charge in [0.2, 0.25) is 5.91 Å². The van der Waals surface area contributed by atoms with Gasteiger partial charge >= 0.3 is 12.1 Å². The number of rotatable bonds is 5. The molecule has 1 rings (SSSR count). The molecule has 1 heterocycles. The Labute approximate surface area is 131 Å². The molecule has 0 saturated carbocycles. The number of carbonyl (C=O) groups is 3. The highest BCUT2D eigenvalue weighted by molar-refractivity contribution is 5.91. The van der Waals surface area contributed by atoms with Crippen molar-refractivity contribution in [1.82, 2.24) is 10.2 Å². The highest BCUT2D eigenvalue weighted by Crippen LogP contribution is 2.20. The third-order valence-corrected chi connectivity index (χ3v) is 3.29. The fourth-order valence-corrected chi connectivity index (χ4v) is 2.40. The van der Waals surface area contributed by atoms with E-state index >= 15 is 0 Å². The second-order valence-electron chi connectivity index (χ2n) is 7.00. The maximum atomic E-state index is 12.3. The van der Waals surface area contributed by atoms with Crippen LogP contribution < -0.4 is 5.32 Å². The monoisotopic (exact) mass is 314 g/mol. The Morgan fingerprint density at radius 1 is 1.41 bits per heavy atom. The quantitative estimate of drug-likeness (QED) is 0.803. The van der Waals surface area contributed by atoms with Gasteiger partial charge < -0.3 is 20.1 Å². The molecule has 2 N–H and O–H groups in total. The van der Waals surface area contributed by atoms with Gasteiger partial charge in [0.25, 0.3) is 0 Å². The number of hydrogen-bond donors (Lipinski definition) is 2. The molecule has 0 aromatic carbocycles. The number of nitrogens with zero attached hydrogens (tertiary/aromatic N) is 1. The summed E-state index contributed by atoms with van der Waals surface area (Å²) in [6.07, 6.45) is 0.114. The van der Waals surface area contributed by atoms with Crippen molar-refractivity contribution in [2.24, 2.45) is 5.92 Å². The van der Waals surface area contributed by atoms with Crippen molar-refractivity contribution in [1.29, 1.82) is 0 Å². The molecular formula is C15H26N2O5. The maximum Gasteiger partial charge on any atom is 0.408 e. The van der Waals surface area contributed by atoms with E-state index in [1.807, 2.05) is 13.8 Å². The van der Waals surface area contributed by atoms with Crippen LogP contribution in [0.1, 0.15) is 47.5 Å². The highest BCUT2D eigenvalue weighted by Gasteiger charge is 2.40. The van der Waals surface area contributed by atoms with Crippen LogP contribution in [0, 0.1) is 5.92 Å². The number of aliphatic carboxylic acids is 1. The van der Waals surface area contributed by atoms with Crippen LogP contribution in [0.5, 0.6) is 0 Å². The molecule has 7 nitrogen and oxygen atoms in total. The topological polar surface area (TPSA) is 95.9 Å². The summed E-state index contributed by atoms with van der Waals surface area (Å²) < 4.78 is 5.12. The van der Waals surface area contributed by atoms with Gasteiger partial charge in [0.15, 0.2) is 0 Å². The number of ether oxygens (including phenoxy) is 1. The predicted molar refractivity (Wildman–Crippen MR) is 80.4 cm³/mol. The first kappa shape index (κ1) is 18.3. The minimum Gasteiger partial charge on any atom is -0.480 e. The van der Waals surface area contributed by atoms with Crippen LogP contribution in [-0.4, -0.2) is 52.2 Å². The minimum absolute atomic E-state index is 0.159. The highest BCUT2D eigenvalue weighted by atomic mass is 16.6. The number of amides is 2. The standard InChI is InChI=1S/C15H26N2O5/c1-9(2)8-11(13(19)20)17-7-6-10(12(17)18)16-14(21)22-15(3,4)5/h9-11H,6-8H2,1-5H3,(H,16,21)(H,19,20).